The first kappa shape index (κ1) is 13.1. The van der Waals surface area contributed by atoms with E-state index in [-0.39, 0.29) is 18.5 Å². The molecule has 5 nitrogen and oxygen atoms in total. The van der Waals surface area contributed by atoms with E-state index in [2.05, 4.69) is 0 Å². The Morgan fingerprint density at radius 2 is 1.95 bits per heavy atom. The number of aromatic nitrogens is 1. The van der Waals surface area contributed by atoms with Gasteiger partial charge in [0, 0.05) is 24.4 Å². The molecule has 0 amide bonds. The third kappa shape index (κ3) is 2.31. The van der Waals surface area contributed by atoms with Gasteiger partial charge in [0.15, 0.2) is 0 Å². The molecular weight excluding hydrogens is 246 g/mol. The zero-order valence-corrected chi connectivity index (χ0v) is 10.8. The van der Waals surface area contributed by atoms with Crippen LogP contribution in [0.2, 0.25) is 0 Å². The minimum absolute atomic E-state index is 0.0761. The molecule has 0 aliphatic heterocycles. The highest BCUT2D eigenvalue weighted by atomic mass is 16.4. The van der Waals surface area contributed by atoms with E-state index in [1.165, 1.54) is 0 Å². The maximum atomic E-state index is 11.4. The maximum absolute atomic E-state index is 11.4. The van der Waals surface area contributed by atoms with Crippen molar-refractivity contribution >= 4 is 22.8 Å². The lowest BCUT2D eigenvalue weighted by atomic mass is 10.0. The van der Waals surface area contributed by atoms with Crippen molar-refractivity contribution in [3.63, 3.8) is 0 Å². The van der Waals surface area contributed by atoms with Crippen LogP contribution in [0.4, 0.5) is 0 Å². The Hall–Kier alpha value is -2.30. The number of aryl methyl sites for hydroxylation is 3. The Morgan fingerprint density at radius 1 is 1.26 bits per heavy atom. The smallest absolute Gasteiger partial charge is 0.352 e. The van der Waals surface area contributed by atoms with E-state index >= 15 is 0 Å². The monoisotopic (exact) mass is 261 g/mol. The Kier molecular flexibility index (Phi) is 3.29. The molecule has 0 spiro atoms. The van der Waals surface area contributed by atoms with Gasteiger partial charge >= 0.3 is 11.9 Å². The molecule has 100 valence electrons. The van der Waals surface area contributed by atoms with Crippen LogP contribution in [0.15, 0.2) is 18.2 Å². The van der Waals surface area contributed by atoms with E-state index in [4.69, 9.17) is 5.11 Å². The molecule has 0 radical (unpaired) electrons. The van der Waals surface area contributed by atoms with Gasteiger partial charge in [-0.3, -0.25) is 4.79 Å². The van der Waals surface area contributed by atoms with E-state index in [0.717, 1.165) is 16.5 Å². The van der Waals surface area contributed by atoms with Crippen molar-refractivity contribution in [3.8, 4) is 0 Å². The topological polar surface area (TPSA) is 79.5 Å². The largest absolute Gasteiger partial charge is 0.481 e. The summed E-state index contributed by atoms with van der Waals surface area (Å²) in [6.07, 6.45) is 0.144. The van der Waals surface area contributed by atoms with E-state index in [9.17, 15) is 14.7 Å². The summed E-state index contributed by atoms with van der Waals surface area (Å²) in [6, 6.07) is 5.68. The number of hydrogen-bond donors (Lipinski definition) is 2. The van der Waals surface area contributed by atoms with Crippen LogP contribution < -0.4 is 0 Å². The summed E-state index contributed by atoms with van der Waals surface area (Å²) in [4.78, 5) is 22.1. The fourth-order valence-corrected chi connectivity index (χ4v) is 2.39. The Labute approximate surface area is 110 Å². The molecule has 5 heteroatoms. The molecule has 0 saturated heterocycles. The quantitative estimate of drug-likeness (QED) is 0.884. The van der Waals surface area contributed by atoms with Crippen LogP contribution in [0.3, 0.4) is 0 Å². The average Bonchev–Trinajstić information content (AvgIpc) is 2.59. The number of aliphatic carboxylic acids is 1. The minimum atomic E-state index is -1.03. The summed E-state index contributed by atoms with van der Waals surface area (Å²) in [5.41, 5.74) is 2.59. The van der Waals surface area contributed by atoms with Gasteiger partial charge in [0.25, 0.3) is 0 Å². The van der Waals surface area contributed by atoms with Crippen LogP contribution in [0, 0.1) is 6.92 Å². The number of nitrogens with zero attached hydrogens (tertiary/aromatic N) is 1. The molecule has 2 aromatic rings. The van der Waals surface area contributed by atoms with Crippen LogP contribution in [0.25, 0.3) is 10.9 Å². The van der Waals surface area contributed by atoms with Gasteiger partial charge in [0.2, 0.25) is 0 Å². The summed E-state index contributed by atoms with van der Waals surface area (Å²) < 4.78 is 1.61. The summed E-state index contributed by atoms with van der Waals surface area (Å²) >= 11 is 0. The second-order valence-electron chi connectivity index (χ2n) is 4.61. The molecule has 0 atom stereocenters. The molecule has 2 N–H and O–H groups in total. The highest BCUT2D eigenvalue weighted by molar-refractivity contribution is 5.98. The Morgan fingerprint density at radius 3 is 2.53 bits per heavy atom. The van der Waals surface area contributed by atoms with Crippen LogP contribution in [0.5, 0.6) is 0 Å². The number of carboxylic acid groups (broad SMARTS) is 2. The van der Waals surface area contributed by atoms with Gasteiger partial charge in [0.1, 0.15) is 5.69 Å². The third-order valence-corrected chi connectivity index (χ3v) is 3.25. The van der Waals surface area contributed by atoms with E-state index < -0.39 is 11.9 Å². The fourth-order valence-electron chi connectivity index (χ4n) is 2.39. The first-order chi connectivity index (χ1) is 8.91. The molecular formula is C14H15NO4. The van der Waals surface area contributed by atoms with Gasteiger partial charge in [0.05, 0.1) is 0 Å². The van der Waals surface area contributed by atoms with Crippen molar-refractivity contribution in [2.75, 3.05) is 0 Å². The highest BCUT2D eigenvalue weighted by Gasteiger charge is 2.20. The summed E-state index contributed by atoms with van der Waals surface area (Å²) in [5, 5.41) is 18.9. The molecule has 1 heterocycles. The number of carboxylic acids is 2. The predicted molar refractivity (Wildman–Crippen MR) is 70.6 cm³/mol. The van der Waals surface area contributed by atoms with Gasteiger partial charge in [-0.1, -0.05) is 11.6 Å². The lowest BCUT2D eigenvalue weighted by Crippen LogP contribution is -2.08. The second-order valence-corrected chi connectivity index (χ2v) is 4.61. The number of aromatic carboxylic acids is 1. The van der Waals surface area contributed by atoms with Gasteiger partial charge < -0.3 is 14.8 Å². The lowest BCUT2D eigenvalue weighted by Gasteiger charge is -2.01. The van der Waals surface area contributed by atoms with Gasteiger partial charge in [-0.05, 0) is 31.0 Å². The van der Waals surface area contributed by atoms with Gasteiger partial charge in [-0.2, -0.15) is 0 Å². The van der Waals surface area contributed by atoms with Crippen molar-refractivity contribution in [2.45, 2.75) is 19.8 Å². The molecule has 1 aromatic heterocycles. The predicted octanol–water partition coefficient (Wildman–Crippen LogP) is 2.20. The minimum Gasteiger partial charge on any atom is -0.481 e. The number of carbonyl (C=O) groups is 2. The number of fused-ring (bicyclic) bond motifs is 1. The van der Waals surface area contributed by atoms with E-state index in [1.807, 2.05) is 25.1 Å². The van der Waals surface area contributed by atoms with Crippen molar-refractivity contribution in [1.29, 1.82) is 0 Å². The normalized spacial score (nSPS) is 10.8. The summed E-state index contributed by atoms with van der Waals surface area (Å²) in [7, 11) is 1.69. The third-order valence-electron chi connectivity index (χ3n) is 3.25. The first-order valence-corrected chi connectivity index (χ1v) is 5.95. The molecule has 0 fully saturated rings. The molecule has 1 aromatic carbocycles. The molecule has 0 saturated carbocycles. The second kappa shape index (κ2) is 4.76. The van der Waals surface area contributed by atoms with Crippen molar-refractivity contribution in [3.05, 3.63) is 35.0 Å². The fraction of sp³-hybridized carbons (Fsp3) is 0.286. The molecule has 0 aliphatic carbocycles. The molecule has 0 unspecified atom stereocenters. The van der Waals surface area contributed by atoms with E-state index in [1.54, 1.807) is 11.6 Å². The van der Waals surface area contributed by atoms with Gasteiger partial charge in [-0.15, -0.1) is 0 Å². The molecule has 0 aliphatic rings. The Bertz CT molecular complexity index is 670. The van der Waals surface area contributed by atoms with Crippen molar-refractivity contribution < 1.29 is 19.8 Å². The summed E-state index contributed by atoms with van der Waals surface area (Å²) in [6.45, 7) is 1.92. The van der Waals surface area contributed by atoms with Crippen LogP contribution in [-0.4, -0.2) is 26.7 Å². The molecule has 2 rings (SSSR count). The standard InChI is InChI=1S/C14H15NO4/c1-8-3-5-11-10(7-8)9(4-6-12(16)17)13(14(18)19)15(11)2/h3,5,7H,4,6H2,1-2H3,(H,16,17)(H,18,19). The zero-order valence-electron chi connectivity index (χ0n) is 10.8. The average molecular weight is 261 g/mol. The number of rotatable bonds is 4. The maximum Gasteiger partial charge on any atom is 0.352 e. The highest BCUT2D eigenvalue weighted by Crippen LogP contribution is 2.27. The number of hydrogen-bond acceptors (Lipinski definition) is 2. The van der Waals surface area contributed by atoms with E-state index in [0.29, 0.717) is 5.56 Å². The Balaban J connectivity index is 2.68. The van der Waals surface area contributed by atoms with Crippen LogP contribution in [0.1, 0.15) is 28.0 Å². The molecule has 19 heavy (non-hydrogen) atoms. The number of benzene rings is 1. The zero-order chi connectivity index (χ0) is 14.2. The summed E-state index contributed by atoms with van der Waals surface area (Å²) in [5.74, 6) is -1.96. The molecule has 0 bridgehead atoms. The van der Waals surface area contributed by atoms with Crippen molar-refractivity contribution in [2.24, 2.45) is 7.05 Å². The first-order valence-electron chi connectivity index (χ1n) is 5.95. The van der Waals surface area contributed by atoms with Crippen molar-refractivity contribution in [1.82, 2.24) is 4.57 Å². The van der Waals surface area contributed by atoms with Crippen LogP contribution in [-0.2, 0) is 18.3 Å². The SMILES string of the molecule is Cc1ccc2c(c1)c(CCC(=O)O)c(C(=O)O)n2C. The lowest BCUT2D eigenvalue weighted by molar-refractivity contribution is -0.136. The van der Waals surface area contributed by atoms with Crippen LogP contribution >= 0.6 is 0 Å². The van der Waals surface area contributed by atoms with Gasteiger partial charge in [-0.25, -0.2) is 4.79 Å².